The average molecular weight is 1320 g/mol. The van der Waals surface area contributed by atoms with Crippen LogP contribution in [0.3, 0.4) is 0 Å². The Balaban J connectivity index is 1.24. The monoisotopic (exact) mass is 1320 g/mol. The van der Waals surface area contributed by atoms with Crippen LogP contribution in [0.1, 0.15) is 120 Å². The SMILES string of the molecule is [2H]c1c([2H])c([2H])c([Si](c2cccc([Si](c3c([2H])c([2H])c([2H])c([2H])c3[2H])(c3c([2H])c([2H])c([2H])c([2H])c3[2H])c3c([2H])c([2H])c([2H])c([2H])c3[2H])c2-[n+]2[c-]n(-c3cccc(Oc4ccc5c6ccccc6n(-c6cc(C(C)(C)C)ccn6)c5c4)c3)c3cc(-c4cc(C(C)(C)C)cc(C(C)(C)C)c4)ccc32)(c2c([2H])c([2H])c([2H])c([2H])c2[2H])c2c([2H])c([2H])c([2H])c([2H])c2[2H])c([2H])c1[2H]. The molecule has 0 saturated carbocycles. The zero-order chi connectivity index (χ0) is 92.8. The highest BCUT2D eigenvalue weighted by atomic mass is 28.3. The third-order valence-corrected chi connectivity index (χ3v) is 26.2. The molecule has 474 valence electrons. The quantitative estimate of drug-likeness (QED) is 0.0471. The van der Waals surface area contributed by atoms with Gasteiger partial charge in [0.25, 0.3) is 6.33 Å². The molecule has 0 N–H and O–H groups in total. The van der Waals surface area contributed by atoms with Crippen molar-refractivity contribution < 1.29 is 50.4 Å². The third-order valence-electron chi connectivity index (χ3n) is 17.8. The molecular formula is C90H80N4OSi2. The molecule has 0 spiro atoms. The second-order valence-corrected chi connectivity index (χ2v) is 33.8. The average Bonchev–Trinajstić information content (AvgIpc) is 1.35. The summed E-state index contributed by atoms with van der Waals surface area (Å²) < 4.78 is 309. The summed E-state index contributed by atoms with van der Waals surface area (Å²) in [6.07, 6.45) is 5.22. The van der Waals surface area contributed by atoms with E-state index in [-0.39, 0.29) is 27.9 Å². The van der Waals surface area contributed by atoms with Crippen molar-refractivity contribution in [2.45, 2.75) is 78.6 Å². The summed E-state index contributed by atoms with van der Waals surface area (Å²) in [6.45, 7) is 18.5. The van der Waals surface area contributed by atoms with Gasteiger partial charge in [-0.3, -0.25) is 13.7 Å². The molecule has 0 aliphatic rings. The van der Waals surface area contributed by atoms with E-state index in [1.807, 2.05) is 107 Å². The first-order valence-electron chi connectivity index (χ1n) is 46.5. The maximum Gasteiger partial charge on any atom is 0.269 e. The standard InChI is InChI=1S/C90H80N4OSi2/c1-88(2,3)66-54-55-91-86(60-66)94-80-47-29-28-46-78(80)79-52-51-71(62-82(79)94)95-70-33-30-32-69(61-70)92-63-93(81-53-50-64(58-83(81)92)65-56-67(89(4,5)6)59-68(57-65)90(7,8)9)87-84(96(72-34-16-10-17-35-72,73-36-18-11-19-37-73)74-38-20-12-21-39-74)48-31-49-85(87)97(75-40-22-13-23-41-75,76-42-24-14-25-43-76)77-44-26-15-27-45-77/h10-62H,1-9H3/i10D,11D,12D,13D,14D,15D,16D,17D,18D,19D,20D,21D,22D,23D,24D,25D,26D,27D,34D,35D,36D,37D,38D,39D,40D,41D,42D,43D,44D,45D. The molecule has 0 aliphatic carbocycles. The van der Waals surface area contributed by atoms with Crippen molar-refractivity contribution in [2.75, 3.05) is 0 Å². The highest BCUT2D eigenvalue weighted by Crippen LogP contribution is 2.39. The summed E-state index contributed by atoms with van der Waals surface area (Å²) in [6, 6.07) is 1.97. The largest absolute Gasteiger partial charge is 0.458 e. The van der Waals surface area contributed by atoms with Crippen LogP contribution in [0.5, 0.6) is 11.5 Å². The van der Waals surface area contributed by atoms with Gasteiger partial charge in [0.2, 0.25) is 0 Å². The summed E-state index contributed by atoms with van der Waals surface area (Å²) in [5.74, 6) is 1.09. The van der Waals surface area contributed by atoms with Gasteiger partial charge in [0.1, 0.15) is 17.3 Å². The van der Waals surface area contributed by atoms with Gasteiger partial charge in [-0.2, -0.15) is 0 Å². The fraction of sp³-hybridized carbons (Fsp3) is 0.133. The Kier molecular flexibility index (Phi) is 9.46. The van der Waals surface area contributed by atoms with Crippen molar-refractivity contribution in [3.05, 3.63) is 344 Å². The normalized spacial score (nSPS) is 16.7. The fourth-order valence-corrected chi connectivity index (χ4v) is 21.1. The number of imidazole rings is 1. The Hall–Kier alpha value is -10.7. The maximum absolute atomic E-state index is 10.5. The number of aromatic nitrogens is 4. The highest BCUT2D eigenvalue weighted by molar-refractivity contribution is 7.22. The maximum atomic E-state index is 10.5. The Morgan fingerprint density at radius 2 is 0.856 bits per heavy atom. The van der Waals surface area contributed by atoms with E-state index in [1.165, 1.54) is 9.13 Å². The van der Waals surface area contributed by atoms with Crippen LogP contribution < -0.4 is 50.8 Å². The molecule has 3 heterocycles. The number of hydrogen-bond acceptors (Lipinski definition) is 2. The van der Waals surface area contributed by atoms with Crippen LogP contribution in [-0.4, -0.2) is 30.3 Å². The minimum absolute atomic E-state index is 0.0752. The Labute approximate surface area is 615 Å². The third kappa shape index (κ3) is 11.2. The summed E-state index contributed by atoms with van der Waals surface area (Å²) >= 11 is 0. The molecule has 0 bridgehead atoms. The van der Waals surface area contributed by atoms with Gasteiger partial charge in [-0.15, -0.1) is 0 Å². The number of rotatable bonds is 14. The van der Waals surface area contributed by atoms with E-state index in [4.69, 9.17) is 9.72 Å². The zero-order valence-corrected chi connectivity index (χ0v) is 56.5. The second kappa shape index (κ2) is 24.8. The molecular weight excluding hydrogens is 1210 g/mol. The molecule has 0 radical (unpaired) electrons. The van der Waals surface area contributed by atoms with Crippen molar-refractivity contribution in [2.24, 2.45) is 0 Å². The Morgan fingerprint density at radius 1 is 0.392 bits per heavy atom. The van der Waals surface area contributed by atoms with Gasteiger partial charge < -0.3 is 4.74 Å². The number of pyridine rings is 1. The van der Waals surface area contributed by atoms with Crippen LogP contribution in [0.4, 0.5) is 0 Å². The van der Waals surface area contributed by atoms with Crippen LogP contribution in [0.15, 0.2) is 321 Å². The summed E-state index contributed by atoms with van der Waals surface area (Å²) in [5, 5.41) is -6.38. The van der Waals surface area contributed by atoms with Gasteiger partial charge in [0.15, 0.2) is 16.1 Å². The number of hydrogen-bond donors (Lipinski definition) is 0. The second-order valence-electron chi connectivity index (χ2n) is 26.8. The van der Waals surface area contributed by atoms with Crippen LogP contribution in [0.2, 0.25) is 0 Å². The van der Waals surface area contributed by atoms with E-state index < -0.39 is 255 Å². The smallest absolute Gasteiger partial charge is 0.269 e. The molecule has 15 rings (SSSR count). The fourth-order valence-electron chi connectivity index (χ4n) is 13.0. The predicted octanol–water partition coefficient (Wildman–Crippen LogP) is 16.3. The molecule has 0 fully saturated rings. The molecule has 0 aliphatic heterocycles. The van der Waals surface area contributed by atoms with Crippen molar-refractivity contribution >= 4 is 90.5 Å². The van der Waals surface area contributed by atoms with Crippen molar-refractivity contribution in [1.82, 2.24) is 14.1 Å². The Bertz CT molecular complexity index is 6510. The lowest BCUT2D eigenvalue weighted by Gasteiger charge is -2.40. The van der Waals surface area contributed by atoms with E-state index >= 15 is 0 Å². The van der Waals surface area contributed by atoms with Gasteiger partial charge in [-0.25, -0.2) is 4.98 Å². The van der Waals surface area contributed by atoms with Gasteiger partial charge >= 0.3 is 0 Å². The number of ether oxygens (including phenoxy) is 1. The van der Waals surface area contributed by atoms with Crippen molar-refractivity contribution in [1.29, 1.82) is 0 Å². The molecule has 3 aromatic heterocycles. The van der Waals surface area contributed by atoms with Crippen LogP contribution >= 0.6 is 0 Å². The molecule has 12 aromatic carbocycles. The first-order valence-corrected chi connectivity index (χ1v) is 35.5. The lowest BCUT2D eigenvalue weighted by atomic mass is 9.79. The summed E-state index contributed by atoms with van der Waals surface area (Å²) in [7, 11) is -13.5. The van der Waals surface area contributed by atoms with E-state index in [0.717, 1.165) is 51.2 Å². The van der Waals surface area contributed by atoms with Crippen molar-refractivity contribution in [3.63, 3.8) is 0 Å². The van der Waals surface area contributed by atoms with Crippen molar-refractivity contribution in [3.8, 4) is 39.8 Å². The van der Waals surface area contributed by atoms with Crippen LogP contribution in [0, 0.1) is 6.33 Å². The molecule has 0 atom stereocenters. The lowest BCUT2D eigenvalue weighted by molar-refractivity contribution is -0.570. The first-order chi connectivity index (χ1) is 59.4. The Morgan fingerprint density at radius 3 is 1.35 bits per heavy atom. The highest BCUT2D eigenvalue weighted by Gasteiger charge is 2.49. The van der Waals surface area contributed by atoms with Gasteiger partial charge in [-0.1, -0.05) is 316 Å². The summed E-state index contributed by atoms with van der Waals surface area (Å²) in [4.78, 5) is 4.88. The molecule has 0 saturated heterocycles. The number of fused-ring (bicyclic) bond motifs is 4. The lowest BCUT2D eigenvalue weighted by Crippen LogP contribution is -2.80. The molecule has 7 heteroatoms. The van der Waals surface area contributed by atoms with Crippen LogP contribution in [0.25, 0.3) is 61.2 Å². The minimum Gasteiger partial charge on any atom is -0.458 e. The number of benzene rings is 12. The first kappa shape index (κ1) is 37.0. The van der Waals surface area contributed by atoms with Gasteiger partial charge in [0.05, 0.1) is 74.6 Å². The topological polar surface area (TPSA) is 35.9 Å². The number of nitrogens with zero attached hydrogens (tertiary/aromatic N) is 4. The van der Waals surface area contributed by atoms with Gasteiger partial charge in [0, 0.05) is 23.0 Å². The minimum atomic E-state index is -6.77. The van der Waals surface area contributed by atoms with E-state index in [0.29, 0.717) is 28.2 Å². The predicted molar refractivity (Wildman–Crippen MR) is 411 cm³/mol. The van der Waals surface area contributed by atoms with Gasteiger partial charge in [-0.05, 0) is 140 Å². The molecule has 0 unspecified atom stereocenters. The van der Waals surface area contributed by atoms with E-state index in [9.17, 15) is 41.1 Å². The van der Waals surface area contributed by atoms with Crippen LogP contribution in [-0.2, 0) is 16.2 Å². The molecule has 97 heavy (non-hydrogen) atoms. The zero-order valence-electron chi connectivity index (χ0n) is 84.5. The molecule has 15 aromatic rings. The number of para-hydroxylation sites is 2. The molecule has 5 nitrogen and oxygen atoms in total. The molecule has 0 amide bonds. The van der Waals surface area contributed by atoms with E-state index in [1.54, 1.807) is 54.7 Å². The van der Waals surface area contributed by atoms with E-state index in [2.05, 4.69) is 33.2 Å². The summed E-state index contributed by atoms with van der Waals surface area (Å²) in [5.41, 5.74) is 3.48.